The quantitative estimate of drug-likeness (QED) is 0.412. The molecule has 1 fully saturated rings. The van der Waals surface area contributed by atoms with Crippen molar-refractivity contribution in [2.45, 2.75) is 77.2 Å². The van der Waals surface area contributed by atoms with Crippen molar-refractivity contribution in [3.8, 4) is 0 Å². The van der Waals surface area contributed by atoms with Crippen LogP contribution in [0, 0.1) is 11.8 Å². The minimum atomic E-state index is -0.801. The lowest BCUT2D eigenvalue weighted by Gasteiger charge is -2.13. The van der Waals surface area contributed by atoms with Crippen molar-refractivity contribution in [2.75, 3.05) is 0 Å². The first-order valence-corrected chi connectivity index (χ1v) is 9.30. The monoisotopic (exact) mass is 336 g/mol. The molecule has 0 heterocycles. The highest BCUT2D eigenvalue weighted by atomic mass is 16.4. The number of hydrogen-bond acceptors (Lipinski definition) is 3. The van der Waals surface area contributed by atoms with Crippen LogP contribution >= 0.6 is 0 Å². The van der Waals surface area contributed by atoms with Crippen LogP contribution in [0.5, 0.6) is 0 Å². The molecule has 0 aromatic heterocycles. The molecule has 136 valence electrons. The van der Waals surface area contributed by atoms with Crippen molar-refractivity contribution in [1.29, 1.82) is 0 Å². The summed E-state index contributed by atoms with van der Waals surface area (Å²) in [6, 6.07) is 0. The van der Waals surface area contributed by atoms with Gasteiger partial charge in [0.05, 0.1) is 6.10 Å². The van der Waals surface area contributed by atoms with Gasteiger partial charge in [0.1, 0.15) is 5.78 Å². The summed E-state index contributed by atoms with van der Waals surface area (Å²) in [6.45, 7) is 2.17. The van der Waals surface area contributed by atoms with Crippen LogP contribution in [-0.4, -0.2) is 28.1 Å². The SMILES string of the molecule is CCCCCCC(O)C=CC1CCC(=O)C1CC=CCCC(=O)O. The van der Waals surface area contributed by atoms with Crippen molar-refractivity contribution in [3.63, 3.8) is 0 Å². The van der Waals surface area contributed by atoms with Crippen molar-refractivity contribution >= 4 is 11.8 Å². The second-order valence-corrected chi connectivity index (χ2v) is 6.72. The normalized spacial score (nSPS) is 22.7. The predicted molar refractivity (Wildman–Crippen MR) is 95.8 cm³/mol. The summed E-state index contributed by atoms with van der Waals surface area (Å²) in [4.78, 5) is 22.5. The third-order valence-electron chi connectivity index (χ3n) is 4.67. The molecule has 4 heteroatoms. The summed E-state index contributed by atoms with van der Waals surface area (Å²) in [5.74, 6) is -0.336. The van der Waals surface area contributed by atoms with E-state index >= 15 is 0 Å². The summed E-state index contributed by atoms with van der Waals surface area (Å²) in [6.07, 6.45) is 15.4. The fraction of sp³-hybridized carbons (Fsp3) is 0.700. The summed E-state index contributed by atoms with van der Waals surface area (Å²) in [5.41, 5.74) is 0. The van der Waals surface area contributed by atoms with Gasteiger partial charge < -0.3 is 10.2 Å². The predicted octanol–water partition coefficient (Wildman–Crippen LogP) is 4.28. The van der Waals surface area contributed by atoms with Crippen LogP contribution in [0.4, 0.5) is 0 Å². The summed E-state index contributed by atoms with van der Waals surface area (Å²) in [5, 5.41) is 18.6. The first-order valence-electron chi connectivity index (χ1n) is 9.30. The maximum Gasteiger partial charge on any atom is 0.303 e. The van der Waals surface area contributed by atoms with Gasteiger partial charge in [-0.25, -0.2) is 0 Å². The molecular formula is C20H32O4. The zero-order valence-electron chi connectivity index (χ0n) is 14.8. The van der Waals surface area contributed by atoms with Gasteiger partial charge in [-0.15, -0.1) is 0 Å². The van der Waals surface area contributed by atoms with Crippen LogP contribution < -0.4 is 0 Å². The molecule has 0 aromatic rings. The van der Waals surface area contributed by atoms with E-state index in [0.717, 1.165) is 25.7 Å². The first-order chi connectivity index (χ1) is 11.5. The van der Waals surface area contributed by atoms with Gasteiger partial charge in [0.15, 0.2) is 0 Å². The fourth-order valence-corrected chi connectivity index (χ4v) is 3.19. The molecule has 1 saturated carbocycles. The Kier molecular flexibility index (Phi) is 10.3. The lowest BCUT2D eigenvalue weighted by Crippen LogP contribution is -2.13. The molecule has 0 bridgehead atoms. The maximum absolute atomic E-state index is 12.0. The molecule has 4 nitrogen and oxygen atoms in total. The van der Waals surface area contributed by atoms with Gasteiger partial charge in [-0.1, -0.05) is 56.9 Å². The van der Waals surface area contributed by atoms with Crippen LogP contribution in [0.15, 0.2) is 24.3 Å². The molecule has 0 radical (unpaired) electrons. The maximum atomic E-state index is 12.0. The van der Waals surface area contributed by atoms with E-state index in [1.807, 2.05) is 24.3 Å². The third kappa shape index (κ3) is 8.44. The topological polar surface area (TPSA) is 74.6 Å². The fourth-order valence-electron chi connectivity index (χ4n) is 3.19. The second kappa shape index (κ2) is 12.0. The second-order valence-electron chi connectivity index (χ2n) is 6.72. The van der Waals surface area contributed by atoms with E-state index in [9.17, 15) is 14.7 Å². The highest BCUT2D eigenvalue weighted by Gasteiger charge is 2.31. The molecule has 1 rings (SSSR count). The molecule has 1 aliphatic rings. The lowest BCUT2D eigenvalue weighted by molar-refractivity contribution is -0.136. The summed E-state index contributed by atoms with van der Waals surface area (Å²) in [7, 11) is 0. The minimum Gasteiger partial charge on any atom is -0.481 e. The molecule has 0 saturated heterocycles. The number of carboxylic acid groups (broad SMARTS) is 1. The van der Waals surface area contributed by atoms with Crippen LogP contribution in [0.2, 0.25) is 0 Å². The number of carboxylic acids is 1. The van der Waals surface area contributed by atoms with Crippen molar-refractivity contribution in [2.24, 2.45) is 11.8 Å². The van der Waals surface area contributed by atoms with Gasteiger partial charge in [-0.2, -0.15) is 0 Å². The Bertz CT molecular complexity index is 439. The minimum absolute atomic E-state index is 0.0189. The highest BCUT2D eigenvalue weighted by molar-refractivity contribution is 5.83. The smallest absolute Gasteiger partial charge is 0.303 e. The number of rotatable bonds is 12. The Morgan fingerprint density at radius 2 is 2.08 bits per heavy atom. The Morgan fingerprint density at radius 3 is 2.79 bits per heavy atom. The van der Waals surface area contributed by atoms with E-state index in [-0.39, 0.29) is 24.0 Å². The van der Waals surface area contributed by atoms with E-state index in [2.05, 4.69) is 6.92 Å². The number of aliphatic hydroxyl groups is 1. The molecule has 2 N–H and O–H groups in total. The lowest BCUT2D eigenvalue weighted by atomic mass is 9.91. The molecular weight excluding hydrogens is 304 g/mol. The number of aliphatic hydroxyl groups excluding tert-OH is 1. The highest BCUT2D eigenvalue weighted by Crippen LogP contribution is 2.33. The van der Waals surface area contributed by atoms with Crippen LogP contribution in [0.25, 0.3) is 0 Å². The number of Topliss-reactive ketones (excluding diaryl/α,β-unsaturated/α-hetero) is 1. The number of unbranched alkanes of at least 4 members (excludes halogenated alkanes) is 3. The summed E-state index contributed by atoms with van der Waals surface area (Å²) < 4.78 is 0. The first kappa shape index (κ1) is 20.6. The van der Waals surface area contributed by atoms with Crippen molar-refractivity contribution in [3.05, 3.63) is 24.3 Å². The zero-order chi connectivity index (χ0) is 17.8. The number of aliphatic carboxylic acids is 1. The van der Waals surface area contributed by atoms with Crippen molar-refractivity contribution in [1.82, 2.24) is 0 Å². The van der Waals surface area contributed by atoms with Gasteiger partial charge in [0, 0.05) is 18.8 Å². The molecule has 24 heavy (non-hydrogen) atoms. The molecule has 0 amide bonds. The molecule has 0 aliphatic heterocycles. The van der Waals surface area contributed by atoms with E-state index in [1.165, 1.54) is 12.8 Å². The van der Waals surface area contributed by atoms with Crippen LogP contribution in [-0.2, 0) is 9.59 Å². The third-order valence-corrected chi connectivity index (χ3v) is 4.67. The average Bonchev–Trinajstić information content (AvgIpc) is 2.89. The Balaban J connectivity index is 2.37. The van der Waals surface area contributed by atoms with Gasteiger partial charge in [0.2, 0.25) is 0 Å². The molecule has 0 aromatic carbocycles. The number of carbonyl (C=O) groups excluding carboxylic acids is 1. The van der Waals surface area contributed by atoms with Gasteiger partial charge in [-0.3, -0.25) is 9.59 Å². The Labute approximate surface area is 145 Å². The number of ketones is 1. The zero-order valence-corrected chi connectivity index (χ0v) is 14.8. The largest absolute Gasteiger partial charge is 0.481 e. The Morgan fingerprint density at radius 1 is 1.29 bits per heavy atom. The Hall–Kier alpha value is -1.42. The van der Waals surface area contributed by atoms with E-state index in [4.69, 9.17) is 5.11 Å². The molecule has 0 spiro atoms. The molecule has 1 aliphatic carbocycles. The van der Waals surface area contributed by atoms with Gasteiger partial charge >= 0.3 is 5.97 Å². The standard InChI is InChI=1S/C20H32O4/c1-2-3-4-6-9-17(21)14-12-16-13-15-19(22)18(16)10-7-5-8-11-20(23)24/h5,7,12,14,16-18,21H,2-4,6,8-11,13,15H2,1H3,(H,23,24). The van der Waals surface area contributed by atoms with Crippen LogP contribution in [0.3, 0.4) is 0 Å². The van der Waals surface area contributed by atoms with Crippen LogP contribution in [0.1, 0.15) is 71.1 Å². The number of carbonyl (C=O) groups is 2. The number of hydrogen-bond donors (Lipinski definition) is 2. The van der Waals surface area contributed by atoms with Crippen molar-refractivity contribution < 1.29 is 19.8 Å². The van der Waals surface area contributed by atoms with E-state index < -0.39 is 12.1 Å². The number of allylic oxidation sites excluding steroid dienone is 3. The van der Waals surface area contributed by atoms with Gasteiger partial charge in [0.25, 0.3) is 0 Å². The molecule has 3 unspecified atom stereocenters. The molecule has 3 atom stereocenters. The van der Waals surface area contributed by atoms with E-state index in [0.29, 0.717) is 19.3 Å². The average molecular weight is 336 g/mol. The summed E-state index contributed by atoms with van der Waals surface area (Å²) >= 11 is 0. The van der Waals surface area contributed by atoms with E-state index in [1.54, 1.807) is 0 Å². The van der Waals surface area contributed by atoms with Gasteiger partial charge in [-0.05, 0) is 31.6 Å².